The Morgan fingerprint density at radius 2 is 2.00 bits per heavy atom. The quantitative estimate of drug-likeness (QED) is 0.815. The maximum Gasteiger partial charge on any atom is 0.240 e. The van der Waals surface area contributed by atoms with Crippen molar-refractivity contribution < 1.29 is 4.52 Å². The largest absolute Gasteiger partial charge is 0.338 e. The van der Waals surface area contributed by atoms with E-state index in [4.69, 9.17) is 4.52 Å². The zero-order valence-corrected chi connectivity index (χ0v) is 11.6. The number of aromatic nitrogens is 2. The number of hydrogen-bond acceptors (Lipinski definition) is 4. The first kappa shape index (κ1) is 13.5. The highest BCUT2D eigenvalue weighted by Crippen LogP contribution is 2.29. The summed E-state index contributed by atoms with van der Waals surface area (Å²) in [7, 11) is 0. The van der Waals surface area contributed by atoms with Crippen molar-refractivity contribution in [2.45, 2.75) is 77.3 Å². The molecule has 0 spiro atoms. The number of rotatable bonds is 5. The number of hydrogen-bond donors (Lipinski definition) is 1. The predicted molar refractivity (Wildman–Crippen MR) is 71.3 cm³/mol. The summed E-state index contributed by atoms with van der Waals surface area (Å²) in [5.74, 6) is 2.18. The molecule has 1 fully saturated rings. The Morgan fingerprint density at radius 1 is 1.28 bits per heavy atom. The molecule has 1 aromatic heterocycles. The lowest BCUT2D eigenvalue weighted by Gasteiger charge is -2.08. The molecule has 0 aromatic carbocycles. The van der Waals surface area contributed by atoms with Crippen molar-refractivity contribution in [2.75, 3.05) is 0 Å². The molecule has 1 aromatic rings. The lowest BCUT2D eigenvalue weighted by atomic mass is 10.00. The highest BCUT2D eigenvalue weighted by Gasteiger charge is 2.19. The molecule has 0 saturated heterocycles. The van der Waals surface area contributed by atoms with Crippen molar-refractivity contribution in [1.29, 1.82) is 0 Å². The number of nitrogens with one attached hydrogen (secondary N) is 1. The second-order valence-electron chi connectivity index (χ2n) is 5.42. The lowest BCUT2D eigenvalue weighted by molar-refractivity contribution is 0.350. The van der Waals surface area contributed by atoms with Gasteiger partial charge in [0.2, 0.25) is 5.89 Å². The predicted octanol–water partition coefficient (Wildman–Crippen LogP) is 3.40. The molecular formula is C14H25N3O. The van der Waals surface area contributed by atoms with Crippen LogP contribution in [0, 0.1) is 0 Å². The maximum absolute atomic E-state index is 5.33. The van der Waals surface area contributed by atoms with Crippen LogP contribution in [0.25, 0.3) is 0 Å². The summed E-state index contributed by atoms with van der Waals surface area (Å²) in [6, 6.07) is 0.498. The molecule has 0 aliphatic heterocycles. The van der Waals surface area contributed by atoms with Crippen molar-refractivity contribution in [3.8, 4) is 0 Å². The van der Waals surface area contributed by atoms with E-state index in [0.717, 1.165) is 18.1 Å². The standard InChI is InChI=1S/C14H25N3O/c1-3-11(2)15-10-13-16-14(17-18-13)12-8-6-4-5-7-9-12/h11-12,15H,3-10H2,1-2H3. The van der Waals surface area contributed by atoms with Gasteiger partial charge in [-0.2, -0.15) is 4.98 Å². The number of nitrogens with zero attached hydrogens (tertiary/aromatic N) is 2. The van der Waals surface area contributed by atoms with Crippen LogP contribution in [-0.4, -0.2) is 16.2 Å². The van der Waals surface area contributed by atoms with Crippen LogP contribution in [0.3, 0.4) is 0 Å². The van der Waals surface area contributed by atoms with Gasteiger partial charge in [-0.25, -0.2) is 0 Å². The van der Waals surface area contributed by atoms with Crippen LogP contribution in [0.4, 0.5) is 0 Å². The molecule has 1 heterocycles. The summed E-state index contributed by atoms with van der Waals surface area (Å²) >= 11 is 0. The zero-order chi connectivity index (χ0) is 12.8. The summed E-state index contributed by atoms with van der Waals surface area (Å²) in [4.78, 5) is 4.54. The van der Waals surface area contributed by atoms with Crippen LogP contribution in [0.2, 0.25) is 0 Å². The first-order valence-electron chi connectivity index (χ1n) is 7.35. The van der Waals surface area contributed by atoms with Crippen LogP contribution in [0.15, 0.2) is 4.52 Å². The van der Waals surface area contributed by atoms with Crippen LogP contribution in [0.1, 0.15) is 76.4 Å². The Balaban J connectivity index is 1.88. The first-order chi connectivity index (χ1) is 8.79. The molecule has 4 heteroatoms. The highest BCUT2D eigenvalue weighted by molar-refractivity contribution is 4.96. The summed E-state index contributed by atoms with van der Waals surface area (Å²) in [5.41, 5.74) is 0. The van der Waals surface area contributed by atoms with Gasteiger partial charge in [0.25, 0.3) is 0 Å². The fraction of sp³-hybridized carbons (Fsp3) is 0.857. The minimum atomic E-state index is 0.498. The molecular weight excluding hydrogens is 226 g/mol. The Bertz CT molecular complexity index is 343. The topological polar surface area (TPSA) is 51.0 Å². The van der Waals surface area contributed by atoms with Crippen LogP contribution in [0.5, 0.6) is 0 Å². The molecule has 0 bridgehead atoms. The lowest BCUT2D eigenvalue weighted by Crippen LogP contribution is -2.24. The van der Waals surface area contributed by atoms with Gasteiger partial charge >= 0.3 is 0 Å². The Morgan fingerprint density at radius 3 is 2.67 bits per heavy atom. The van der Waals surface area contributed by atoms with Gasteiger partial charge in [-0.3, -0.25) is 0 Å². The van der Waals surface area contributed by atoms with Gasteiger partial charge in [-0.1, -0.05) is 37.8 Å². The molecule has 1 saturated carbocycles. The summed E-state index contributed by atoms with van der Waals surface area (Å²) in [6.45, 7) is 5.03. The van der Waals surface area contributed by atoms with E-state index in [-0.39, 0.29) is 0 Å². The third-order valence-electron chi connectivity index (χ3n) is 3.92. The van der Waals surface area contributed by atoms with E-state index in [1.54, 1.807) is 0 Å². The Hall–Kier alpha value is -0.900. The average molecular weight is 251 g/mol. The SMILES string of the molecule is CCC(C)NCc1nc(C2CCCCCC2)no1. The fourth-order valence-corrected chi connectivity index (χ4v) is 2.45. The molecule has 4 nitrogen and oxygen atoms in total. The van der Waals surface area contributed by atoms with E-state index in [0.29, 0.717) is 18.5 Å². The van der Waals surface area contributed by atoms with Gasteiger partial charge in [-0.05, 0) is 26.2 Å². The van der Waals surface area contributed by atoms with Gasteiger partial charge in [-0.15, -0.1) is 0 Å². The highest BCUT2D eigenvalue weighted by atomic mass is 16.5. The zero-order valence-electron chi connectivity index (χ0n) is 11.6. The van der Waals surface area contributed by atoms with Crippen molar-refractivity contribution in [3.05, 3.63) is 11.7 Å². The van der Waals surface area contributed by atoms with Crippen molar-refractivity contribution in [3.63, 3.8) is 0 Å². The van der Waals surface area contributed by atoms with E-state index < -0.39 is 0 Å². The van der Waals surface area contributed by atoms with Crippen LogP contribution < -0.4 is 5.32 Å². The molecule has 18 heavy (non-hydrogen) atoms. The molecule has 102 valence electrons. The molecule has 1 unspecified atom stereocenters. The van der Waals surface area contributed by atoms with Crippen molar-refractivity contribution >= 4 is 0 Å². The molecule has 2 rings (SSSR count). The molecule has 0 amide bonds. The van der Waals surface area contributed by atoms with Crippen molar-refractivity contribution in [2.24, 2.45) is 0 Å². The summed E-state index contributed by atoms with van der Waals surface area (Å²) in [5, 5.41) is 7.54. The molecule has 1 N–H and O–H groups in total. The van der Waals surface area contributed by atoms with Gasteiger partial charge < -0.3 is 9.84 Å². The van der Waals surface area contributed by atoms with E-state index in [1.165, 1.54) is 38.5 Å². The van der Waals surface area contributed by atoms with Crippen LogP contribution >= 0.6 is 0 Å². The third-order valence-corrected chi connectivity index (χ3v) is 3.92. The molecule has 0 radical (unpaired) electrons. The molecule has 1 atom stereocenters. The normalized spacial score (nSPS) is 19.7. The summed E-state index contributed by atoms with van der Waals surface area (Å²) < 4.78 is 5.33. The van der Waals surface area contributed by atoms with Gasteiger partial charge in [0.15, 0.2) is 5.82 Å². The fourth-order valence-electron chi connectivity index (χ4n) is 2.45. The smallest absolute Gasteiger partial charge is 0.240 e. The van der Waals surface area contributed by atoms with E-state index >= 15 is 0 Å². The molecule has 1 aliphatic carbocycles. The second-order valence-corrected chi connectivity index (χ2v) is 5.42. The van der Waals surface area contributed by atoms with Crippen molar-refractivity contribution in [1.82, 2.24) is 15.5 Å². The third kappa shape index (κ3) is 3.80. The van der Waals surface area contributed by atoms with E-state index in [1.807, 2.05) is 0 Å². The van der Waals surface area contributed by atoms with Gasteiger partial charge in [0.05, 0.1) is 6.54 Å². The van der Waals surface area contributed by atoms with E-state index in [9.17, 15) is 0 Å². The average Bonchev–Trinajstić information content (AvgIpc) is 2.69. The minimum absolute atomic E-state index is 0.498. The molecule has 1 aliphatic rings. The summed E-state index contributed by atoms with van der Waals surface area (Å²) in [6.07, 6.45) is 8.88. The second kappa shape index (κ2) is 6.88. The van der Waals surface area contributed by atoms with Gasteiger partial charge in [0, 0.05) is 12.0 Å². The van der Waals surface area contributed by atoms with Crippen LogP contribution in [-0.2, 0) is 6.54 Å². The van der Waals surface area contributed by atoms with Gasteiger partial charge in [0.1, 0.15) is 0 Å². The first-order valence-corrected chi connectivity index (χ1v) is 7.35. The Kier molecular flexibility index (Phi) is 5.17. The van der Waals surface area contributed by atoms with E-state index in [2.05, 4.69) is 29.3 Å². The monoisotopic (exact) mass is 251 g/mol. The minimum Gasteiger partial charge on any atom is -0.338 e. The Labute approximate surface area is 110 Å². The maximum atomic E-state index is 5.33.